The lowest BCUT2D eigenvalue weighted by molar-refractivity contribution is -0.137. The molecule has 8 heteroatoms. The first-order valence-electron chi connectivity index (χ1n) is 5.22. The maximum Gasteiger partial charge on any atom is 0.417 e. The molecule has 0 spiro atoms. The van der Waals surface area contributed by atoms with Crippen LogP contribution in [0, 0.1) is 0 Å². The highest BCUT2D eigenvalue weighted by atomic mass is 19.4. The number of halogens is 3. The summed E-state index contributed by atoms with van der Waals surface area (Å²) in [7, 11) is 0. The molecular formula is C10H14F3N5. The van der Waals surface area contributed by atoms with Gasteiger partial charge in [-0.1, -0.05) is 0 Å². The van der Waals surface area contributed by atoms with E-state index in [1.807, 2.05) is 0 Å². The van der Waals surface area contributed by atoms with E-state index in [-0.39, 0.29) is 5.96 Å². The van der Waals surface area contributed by atoms with E-state index in [4.69, 9.17) is 11.5 Å². The van der Waals surface area contributed by atoms with Gasteiger partial charge in [0.15, 0.2) is 5.96 Å². The van der Waals surface area contributed by atoms with Gasteiger partial charge in [0.05, 0.1) is 5.56 Å². The number of nitrogens with zero attached hydrogens (tertiary/aromatic N) is 2. The molecule has 0 fully saturated rings. The average molecular weight is 261 g/mol. The number of aromatic nitrogens is 1. The van der Waals surface area contributed by atoms with Crippen LogP contribution in [-0.2, 0) is 6.18 Å². The molecule has 0 bridgehead atoms. The van der Waals surface area contributed by atoms with Crippen molar-refractivity contribution in [3.8, 4) is 0 Å². The van der Waals surface area contributed by atoms with Gasteiger partial charge in [-0.2, -0.15) is 13.2 Å². The van der Waals surface area contributed by atoms with E-state index in [1.54, 1.807) is 0 Å². The summed E-state index contributed by atoms with van der Waals surface area (Å²) in [5, 5.41) is 2.87. The van der Waals surface area contributed by atoms with Gasteiger partial charge in [-0.15, -0.1) is 0 Å². The van der Waals surface area contributed by atoms with Crippen LogP contribution in [0.15, 0.2) is 23.3 Å². The summed E-state index contributed by atoms with van der Waals surface area (Å²) in [6.45, 7) is 0.977. The van der Waals surface area contributed by atoms with Crippen LogP contribution >= 0.6 is 0 Å². The second kappa shape index (κ2) is 6.08. The molecule has 1 rings (SSSR count). The molecule has 0 unspecified atom stereocenters. The van der Waals surface area contributed by atoms with Gasteiger partial charge in [0, 0.05) is 19.3 Å². The number of nitrogens with two attached hydrogens (primary N) is 2. The van der Waals surface area contributed by atoms with Crippen LogP contribution in [0.5, 0.6) is 0 Å². The predicted molar refractivity (Wildman–Crippen MR) is 63.0 cm³/mol. The number of alkyl halides is 3. The van der Waals surface area contributed by atoms with Crippen LogP contribution in [0.25, 0.3) is 0 Å². The van der Waals surface area contributed by atoms with Crippen molar-refractivity contribution in [1.82, 2.24) is 4.98 Å². The third-order valence-corrected chi connectivity index (χ3v) is 2.03. The van der Waals surface area contributed by atoms with Gasteiger partial charge in [-0.25, -0.2) is 4.98 Å². The van der Waals surface area contributed by atoms with Crippen molar-refractivity contribution in [2.24, 2.45) is 16.5 Å². The first-order valence-corrected chi connectivity index (χ1v) is 5.22. The van der Waals surface area contributed by atoms with Crippen molar-refractivity contribution in [3.05, 3.63) is 23.9 Å². The van der Waals surface area contributed by atoms with Crippen LogP contribution in [0.2, 0.25) is 0 Å². The molecule has 5 N–H and O–H groups in total. The molecule has 5 nitrogen and oxygen atoms in total. The highest BCUT2D eigenvalue weighted by Gasteiger charge is 2.30. The van der Waals surface area contributed by atoms with E-state index in [0.717, 1.165) is 12.3 Å². The van der Waals surface area contributed by atoms with Crippen molar-refractivity contribution in [3.63, 3.8) is 0 Å². The summed E-state index contributed by atoms with van der Waals surface area (Å²) in [5.41, 5.74) is 9.49. The Labute approximate surface area is 102 Å². The Morgan fingerprint density at radius 1 is 1.33 bits per heavy atom. The summed E-state index contributed by atoms with van der Waals surface area (Å²) in [6.07, 6.45) is -2.92. The minimum absolute atomic E-state index is 0.0163. The zero-order valence-electron chi connectivity index (χ0n) is 9.54. The third-order valence-electron chi connectivity index (χ3n) is 2.03. The van der Waals surface area contributed by atoms with E-state index >= 15 is 0 Å². The maximum absolute atomic E-state index is 12.2. The molecule has 0 aromatic carbocycles. The topological polar surface area (TPSA) is 89.3 Å². The standard InChI is InChI=1S/C10H14F3N5/c11-10(12,13)7-2-3-8(18-6-7)16-4-1-5-17-9(14)15/h2-3,6H,1,4-5H2,(H,16,18)(H4,14,15,17). The molecule has 0 radical (unpaired) electrons. The quantitative estimate of drug-likeness (QED) is 0.422. The number of aliphatic imine (C=N–C) groups is 1. The molecule has 0 aliphatic carbocycles. The number of guanidine groups is 1. The van der Waals surface area contributed by atoms with Gasteiger partial charge in [-0.3, -0.25) is 4.99 Å². The van der Waals surface area contributed by atoms with Crippen molar-refractivity contribution < 1.29 is 13.2 Å². The molecule has 1 heterocycles. The lowest BCUT2D eigenvalue weighted by Crippen LogP contribution is -2.23. The van der Waals surface area contributed by atoms with Crippen LogP contribution in [-0.4, -0.2) is 24.0 Å². The molecule has 0 amide bonds. The Kier molecular flexibility index (Phi) is 4.75. The summed E-state index contributed by atoms with van der Waals surface area (Å²) in [4.78, 5) is 7.43. The summed E-state index contributed by atoms with van der Waals surface area (Å²) < 4.78 is 36.7. The normalized spacial score (nSPS) is 11.1. The second-order valence-electron chi connectivity index (χ2n) is 3.52. The SMILES string of the molecule is NC(N)=NCCCNc1ccc(C(F)(F)F)cn1. The lowest BCUT2D eigenvalue weighted by Gasteiger charge is -2.08. The Morgan fingerprint density at radius 3 is 2.56 bits per heavy atom. The molecular weight excluding hydrogens is 247 g/mol. The summed E-state index contributed by atoms with van der Waals surface area (Å²) in [5.74, 6) is 0.398. The molecule has 0 aliphatic heterocycles. The number of hydrogen-bond acceptors (Lipinski definition) is 3. The van der Waals surface area contributed by atoms with Crippen LogP contribution < -0.4 is 16.8 Å². The number of hydrogen-bond donors (Lipinski definition) is 3. The lowest BCUT2D eigenvalue weighted by atomic mass is 10.3. The average Bonchev–Trinajstić information content (AvgIpc) is 2.27. The zero-order chi connectivity index (χ0) is 13.6. The van der Waals surface area contributed by atoms with Crippen molar-refractivity contribution in [1.29, 1.82) is 0 Å². The minimum Gasteiger partial charge on any atom is -0.370 e. The van der Waals surface area contributed by atoms with Crippen molar-refractivity contribution in [2.45, 2.75) is 12.6 Å². The summed E-state index contributed by atoms with van der Waals surface area (Å²) >= 11 is 0. The van der Waals surface area contributed by atoms with Crippen LogP contribution in [0.4, 0.5) is 19.0 Å². The number of nitrogens with one attached hydrogen (secondary N) is 1. The Bertz CT molecular complexity index is 395. The molecule has 0 saturated heterocycles. The first-order chi connectivity index (χ1) is 8.39. The maximum atomic E-state index is 12.2. The Hall–Kier alpha value is -1.99. The minimum atomic E-state index is -4.36. The van der Waals surface area contributed by atoms with Crippen LogP contribution in [0.1, 0.15) is 12.0 Å². The van der Waals surface area contributed by atoms with Gasteiger partial charge < -0.3 is 16.8 Å². The fraction of sp³-hybridized carbons (Fsp3) is 0.400. The van der Waals surface area contributed by atoms with Gasteiger partial charge >= 0.3 is 6.18 Å². The Morgan fingerprint density at radius 2 is 2.06 bits per heavy atom. The van der Waals surface area contributed by atoms with E-state index in [9.17, 15) is 13.2 Å². The molecule has 0 aliphatic rings. The molecule has 1 aromatic heterocycles. The molecule has 1 aromatic rings. The van der Waals surface area contributed by atoms with Gasteiger partial charge in [-0.05, 0) is 18.6 Å². The fourth-order valence-electron chi connectivity index (χ4n) is 1.17. The molecule has 0 atom stereocenters. The zero-order valence-corrected chi connectivity index (χ0v) is 9.54. The van der Waals surface area contributed by atoms with Crippen molar-refractivity contribution >= 4 is 11.8 Å². The van der Waals surface area contributed by atoms with Gasteiger partial charge in [0.1, 0.15) is 5.82 Å². The highest BCUT2D eigenvalue weighted by molar-refractivity contribution is 5.75. The molecule has 100 valence electrons. The molecule has 18 heavy (non-hydrogen) atoms. The fourth-order valence-corrected chi connectivity index (χ4v) is 1.17. The van der Waals surface area contributed by atoms with Gasteiger partial charge in [0.2, 0.25) is 0 Å². The second-order valence-corrected chi connectivity index (χ2v) is 3.52. The van der Waals surface area contributed by atoms with E-state index in [1.165, 1.54) is 6.07 Å². The summed E-state index contributed by atoms with van der Waals surface area (Å²) in [6, 6.07) is 2.26. The van der Waals surface area contributed by atoms with E-state index in [2.05, 4.69) is 15.3 Å². The number of rotatable bonds is 5. The largest absolute Gasteiger partial charge is 0.417 e. The van der Waals surface area contributed by atoms with E-state index < -0.39 is 11.7 Å². The smallest absolute Gasteiger partial charge is 0.370 e. The molecule has 0 saturated carbocycles. The Balaban J connectivity index is 2.38. The van der Waals surface area contributed by atoms with Gasteiger partial charge in [0.25, 0.3) is 0 Å². The van der Waals surface area contributed by atoms with Crippen molar-refractivity contribution in [2.75, 3.05) is 18.4 Å². The van der Waals surface area contributed by atoms with Crippen LogP contribution in [0.3, 0.4) is 0 Å². The number of anilines is 1. The number of pyridine rings is 1. The monoisotopic (exact) mass is 261 g/mol. The van der Waals surface area contributed by atoms with E-state index in [0.29, 0.717) is 25.3 Å². The third kappa shape index (κ3) is 4.89. The first kappa shape index (κ1) is 14.1. The predicted octanol–water partition coefficient (Wildman–Crippen LogP) is 1.18. The highest BCUT2D eigenvalue weighted by Crippen LogP contribution is 2.28.